The van der Waals surface area contributed by atoms with E-state index in [1.807, 2.05) is 37.6 Å². The quantitative estimate of drug-likeness (QED) is 0.258. The molecule has 1 N–H and O–H groups in total. The molecule has 0 spiro atoms. The second kappa shape index (κ2) is 11.9. The molecule has 1 aliphatic rings. The van der Waals surface area contributed by atoms with Gasteiger partial charge in [0.25, 0.3) is 0 Å². The number of carbonyl (C=O) groups is 2. The molecular formula is C28H36N4O4S2. The highest BCUT2D eigenvalue weighted by molar-refractivity contribution is 7.99. The molecule has 38 heavy (non-hydrogen) atoms. The molecule has 0 saturated heterocycles. The molecule has 0 aliphatic heterocycles. The topological polar surface area (TPSA) is 95.3 Å². The number of rotatable bonds is 9. The van der Waals surface area contributed by atoms with E-state index in [4.69, 9.17) is 9.47 Å². The third kappa shape index (κ3) is 6.77. The van der Waals surface area contributed by atoms with Gasteiger partial charge in [-0.2, -0.15) is 0 Å². The largest absolute Gasteiger partial charge is 0.486 e. The normalized spacial score (nSPS) is 13.3. The molecule has 204 valence electrons. The van der Waals surface area contributed by atoms with Crippen LogP contribution in [0, 0.1) is 0 Å². The van der Waals surface area contributed by atoms with E-state index in [1.54, 1.807) is 0 Å². The molecule has 1 amide bonds. The van der Waals surface area contributed by atoms with Crippen LogP contribution in [0.4, 0.5) is 5.00 Å². The van der Waals surface area contributed by atoms with Crippen molar-refractivity contribution in [3.63, 3.8) is 0 Å². The second-order valence-electron chi connectivity index (χ2n) is 10.7. The van der Waals surface area contributed by atoms with Crippen molar-refractivity contribution in [2.75, 3.05) is 11.1 Å². The molecule has 2 heterocycles. The van der Waals surface area contributed by atoms with Crippen molar-refractivity contribution in [3.8, 4) is 5.75 Å². The van der Waals surface area contributed by atoms with Crippen LogP contribution in [0.2, 0.25) is 0 Å². The van der Waals surface area contributed by atoms with Gasteiger partial charge in [0.1, 0.15) is 17.4 Å². The van der Waals surface area contributed by atoms with Crippen LogP contribution in [0.1, 0.15) is 79.6 Å². The monoisotopic (exact) mass is 556 g/mol. The smallest absolute Gasteiger partial charge is 0.341 e. The van der Waals surface area contributed by atoms with Crippen molar-refractivity contribution in [2.24, 2.45) is 7.05 Å². The fourth-order valence-electron chi connectivity index (χ4n) is 4.23. The number of hydrogen-bond acceptors (Lipinski definition) is 8. The van der Waals surface area contributed by atoms with Gasteiger partial charge in [-0.25, -0.2) is 4.79 Å². The summed E-state index contributed by atoms with van der Waals surface area (Å²) in [5.74, 6) is 1.00. The third-order valence-corrected chi connectivity index (χ3v) is 8.54. The number of nitrogens with one attached hydrogen (secondary N) is 1. The molecule has 0 unspecified atom stereocenters. The Morgan fingerprint density at radius 3 is 2.53 bits per heavy atom. The maximum absolute atomic E-state index is 12.9. The highest BCUT2D eigenvalue weighted by atomic mass is 32.2. The number of aryl methyl sites for hydroxylation is 1. The average Bonchev–Trinajstić information content (AvgIpc) is 3.40. The van der Waals surface area contributed by atoms with E-state index in [2.05, 4.69) is 48.4 Å². The molecule has 0 fully saturated rings. The fourth-order valence-corrected chi connectivity index (χ4v) is 6.25. The van der Waals surface area contributed by atoms with Crippen LogP contribution in [0.5, 0.6) is 5.75 Å². The van der Waals surface area contributed by atoms with Crippen LogP contribution in [0.3, 0.4) is 0 Å². The van der Waals surface area contributed by atoms with E-state index in [0.717, 1.165) is 37.0 Å². The van der Waals surface area contributed by atoms with Crippen molar-refractivity contribution in [2.45, 2.75) is 83.6 Å². The number of nitrogens with zero attached hydrogens (tertiary/aromatic N) is 3. The Morgan fingerprint density at radius 2 is 1.84 bits per heavy atom. The molecule has 0 radical (unpaired) electrons. The lowest BCUT2D eigenvalue weighted by Gasteiger charge is -2.19. The van der Waals surface area contributed by atoms with Gasteiger partial charge in [-0.3, -0.25) is 4.79 Å². The van der Waals surface area contributed by atoms with Crippen LogP contribution < -0.4 is 10.1 Å². The van der Waals surface area contributed by atoms with Gasteiger partial charge >= 0.3 is 5.97 Å². The van der Waals surface area contributed by atoms with E-state index in [0.29, 0.717) is 21.5 Å². The first-order chi connectivity index (χ1) is 18.0. The first-order valence-electron chi connectivity index (χ1n) is 12.9. The van der Waals surface area contributed by atoms with Crippen LogP contribution in [-0.4, -0.2) is 38.5 Å². The van der Waals surface area contributed by atoms with E-state index in [-0.39, 0.29) is 35.8 Å². The molecule has 4 rings (SSSR count). The van der Waals surface area contributed by atoms with E-state index < -0.39 is 0 Å². The molecular weight excluding hydrogens is 520 g/mol. The summed E-state index contributed by atoms with van der Waals surface area (Å²) in [6.07, 6.45) is 3.67. The number of ether oxygens (including phenoxy) is 2. The van der Waals surface area contributed by atoms with Crippen molar-refractivity contribution in [1.82, 2.24) is 14.8 Å². The zero-order valence-corrected chi connectivity index (χ0v) is 24.6. The van der Waals surface area contributed by atoms with Crippen LogP contribution in [0.25, 0.3) is 0 Å². The fraction of sp³-hybridized carbons (Fsp3) is 0.500. The van der Waals surface area contributed by atoms with Crippen LogP contribution in [-0.2, 0) is 41.4 Å². The minimum atomic E-state index is -0.367. The Hall–Kier alpha value is -2.85. The summed E-state index contributed by atoms with van der Waals surface area (Å²) in [6, 6.07) is 8.07. The molecule has 0 saturated carbocycles. The number of hydrogen-bond donors (Lipinski definition) is 1. The van der Waals surface area contributed by atoms with Crippen molar-refractivity contribution >= 4 is 40.0 Å². The average molecular weight is 557 g/mol. The number of aromatic nitrogens is 3. The summed E-state index contributed by atoms with van der Waals surface area (Å²) in [6.45, 7) is 10.5. The Bertz CT molecular complexity index is 1290. The number of amides is 1. The second-order valence-corrected chi connectivity index (χ2v) is 12.8. The molecule has 1 aliphatic carbocycles. The summed E-state index contributed by atoms with van der Waals surface area (Å²) in [7, 11) is 1.86. The SMILES string of the molecule is CC(C)OC(=O)c1c(NC(=O)CSc2nnc(COc3ccc(C(C)(C)C)cc3)n2C)sc2c1CCCC2. The summed E-state index contributed by atoms with van der Waals surface area (Å²) >= 11 is 2.78. The number of carbonyl (C=O) groups excluding carboxylic acids is 2. The Kier molecular flexibility index (Phi) is 8.82. The van der Waals surface area contributed by atoms with Gasteiger partial charge in [0.05, 0.1) is 17.4 Å². The Labute approximate surface area is 232 Å². The molecule has 0 bridgehead atoms. The van der Waals surface area contributed by atoms with Gasteiger partial charge in [-0.1, -0.05) is 44.7 Å². The lowest BCUT2D eigenvalue weighted by atomic mass is 9.87. The zero-order chi connectivity index (χ0) is 27.4. The van der Waals surface area contributed by atoms with Gasteiger partial charge in [0.2, 0.25) is 5.91 Å². The number of thioether (sulfide) groups is 1. The van der Waals surface area contributed by atoms with Crippen LogP contribution in [0.15, 0.2) is 29.4 Å². The Balaban J connectivity index is 1.36. The summed E-state index contributed by atoms with van der Waals surface area (Å²) < 4.78 is 13.2. The zero-order valence-electron chi connectivity index (χ0n) is 22.9. The van der Waals surface area contributed by atoms with Gasteiger partial charge in [0.15, 0.2) is 11.0 Å². The molecule has 1 aromatic carbocycles. The highest BCUT2D eigenvalue weighted by Crippen LogP contribution is 2.39. The van der Waals surface area contributed by atoms with Crippen molar-refractivity contribution in [1.29, 1.82) is 0 Å². The Morgan fingerprint density at radius 1 is 1.13 bits per heavy atom. The maximum atomic E-state index is 12.9. The third-order valence-electron chi connectivity index (χ3n) is 6.32. The standard InChI is InChI=1S/C28H36N4O4S2/c1-17(2)36-26(34)24-20-9-7-8-10-21(20)38-25(24)29-23(33)16-37-27-31-30-22(32(27)6)15-35-19-13-11-18(12-14-19)28(3,4)5/h11-14,17H,7-10,15-16H2,1-6H3,(H,29,33). The van der Waals surface area contributed by atoms with Gasteiger partial charge < -0.3 is 19.4 Å². The lowest BCUT2D eigenvalue weighted by Crippen LogP contribution is -2.19. The minimum absolute atomic E-state index is 0.0857. The number of anilines is 1. The molecule has 10 heteroatoms. The molecule has 2 aromatic heterocycles. The summed E-state index contributed by atoms with van der Waals surface area (Å²) in [4.78, 5) is 26.9. The summed E-state index contributed by atoms with van der Waals surface area (Å²) in [5, 5.41) is 12.6. The van der Waals surface area contributed by atoms with Crippen LogP contribution >= 0.6 is 23.1 Å². The van der Waals surface area contributed by atoms with Crippen molar-refractivity contribution in [3.05, 3.63) is 51.7 Å². The molecule has 0 atom stereocenters. The summed E-state index contributed by atoms with van der Waals surface area (Å²) in [5.41, 5.74) is 2.88. The number of thiophene rings is 1. The van der Waals surface area contributed by atoms with Crippen molar-refractivity contribution < 1.29 is 19.1 Å². The number of fused-ring (bicyclic) bond motifs is 1. The molecule has 8 nitrogen and oxygen atoms in total. The molecule has 3 aromatic rings. The van der Waals surface area contributed by atoms with Gasteiger partial charge in [-0.05, 0) is 68.2 Å². The van der Waals surface area contributed by atoms with Gasteiger partial charge in [-0.15, -0.1) is 21.5 Å². The predicted molar refractivity (Wildman–Crippen MR) is 151 cm³/mol. The number of benzene rings is 1. The lowest BCUT2D eigenvalue weighted by molar-refractivity contribution is -0.113. The first-order valence-corrected chi connectivity index (χ1v) is 14.7. The first kappa shape index (κ1) is 28.2. The minimum Gasteiger partial charge on any atom is -0.486 e. The van der Waals surface area contributed by atoms with Gasteiger partial charge in [0, 0.05) is 11.9 Å². The predicted octanol–water partition coefficient (Wildman–Crippen LogP) is 5.93. The number of esters is 1. The van der Waals surface area contributed by atoms with E-state index in [1.165, 1.54) is 33.5 Å². The van der Waals surface area contributed by atoms with E-state index in [9.17, 15) is 9.59 Å². The maximum Gasteiger partial charge on any atom is 0.341 e. The van der Waals surface area contributed by atoms with E-state index >= 15 is 0 Å². The highest BCUT2D eigenvalue weighted by Gasteiger charge is 2.28.